The first-order valence-electron chi connectivity index (χ1n) is 7.90. The Hall–Kier alpha value is -0.870. The molecule has 1 aliphatic heterocycles. The number of hydrogen-bond acceptors (Lipinski definition) is 5. The Kier molecular flexibility index (Phi) is 10.2. The van der Waals surface area contributed by atoms with E-state index in [1.165, 1.54) is 0 Å². The lowest BCUT2D eigenvalue weighted by molar-refractivity contribution is 0.0420. The van der Waals surface area contributed by atoms with E-state index < -0.39 is 0 Å². The Morgan fingerprint density at radius 1 is 1.48 bits per heavy atom. The SMILES string of the molecule is CCc1cc(CNC(=NC)NCCCOC2CCOC2)on1.I. The Balaban J connectivity index is 0.00000264. The summed E-state index contributed by atoms with van der Waals surface area (Å²) in [5.41, 5.74) is 0.966. The quantitative estimate of drug-likeness (QED) is 0.279. The zero-order valence-corrected chi connectivity index (χ0v) is 16.2. The molecule has 8 heteroatoms. The normalized spacial score (nSPS) is 17.8. The summed E-state index contributed by atoms with van der Waals surface area (Å²) in [5.74, 6) is 1.56. The molecule has 1 atom stereocenters. The lowest BCUT2D eigenvalue weighted by Gasteiger charge is -2.12. The Morgan fingerprint density at radius 3 is 3.00 bits per heavy atom. The van der Waals surface area contributed by atoms with Gasteiger partial charge < -0.3 is 24.6 Å². The Morgan fingerprint density at radius 2 is 2.35 bits per heavy atom. The number of aryl methyl sites for hydroxylation is 1. The summed E-state index contributed by atoms with van der Waals surface area (Å²) < 4.78 is 16.2. The van der Waals surface area contributed by atoms with Gasteiger partial charge in [-0.3, -0.25) is 4.99 Å². The maximum atomic E-state index is 5.71. The second-order valence-electron chi connectivity index (χ2n) is 5.20. The van der Waals surface area contributed by atoms with Crippen LogP contribution in [0.5, 0.6) is 0 Å². The highest BCUT2D eigenvalue weighted by Crippen LogP contribution is 2.07. The first kappa shape index (κ1) is 20.2. The number of ether oxygens (including phenoxy) is 2. The molecular formula is C15H27IN4O3. The van der Waals surface area contributed by atoms with E-state index >= 15 is 0 Å². The molecule has 0 spiro atoms. The standard InChI is InChI=1S/C15H26N4O3.HI/c1-3-12-9-14(22-19-12)10-18-15(16-2)17-6-4-7-21-13-5-8-20-11-13;/h9,13H,3-8,10-11H2,1-2H3,(H2,16,17,18);1H. The highest BCUT2D eigenvalue weighted by Gasteiger charge is 2.15. The van der Waals surface area contributed by atoms with E-state index in [2.05, 4.69) is 27.7 Å². The number of rotatable bonds is 8. The van der Waals surface area contributed by atoms with Gasteiger partial charge in [0.25, 0.3) is 0 Å². The van der Waals surface area contributed by atoms with Crippen molar-refractivity contribution in [3.05, 3.63) is 17.5 Å². The van der Waals surface area contributed by atoms with Gasteiger partial charge in [0, 0.05) is 32.9 Å². The molecule has 1 saturated heterocycles. The van der Waals surface area contributed by atoms with E-state index in [1.807, 2.05) is 6.07 Å². The molecule has 0 radical (unpaired) electrons. The summed E-state index contributed by atoms with van der Waals surface area (Å²) in [6.45, 7) is 5.72. The molecule has 23 heavy (non-hydrogen) atoms. The smallest absolute Gasteiger partial charge is 0.191 e. The van der Waals surface area contributed by atoms with Gasteiger partial charge in [-0.2, -0.15) is 0 Å². The van der Waals surface area contributed by atoms with Crippen LogP contribution in [0.15, 0.2) is 15.6 Å². The van der Waals surface area contributed by atoms with E-state index in [4.69, 9.17) is 14.0 Å². The van der Waals surface area contributed by atoms with Gasteiger partial charge in [-0.05, 0) is 19.3 Å². The maximum absolute atomic E-state index is 5.71. The lowest BCUT2D eigenvalue weighted by atomic mass is 10.3. The molecule has 1 aliphatic rings. The van der Waals surface area contributed by atoms with Gasteiger partial charge in [-0.25, -0.2) is 0 Å². The molecule has 7 nitrogen and oxygen atoms in total. The van der Waals surface area contributed by atoms with E-state index in [0.29, 0.717) is 6.54 Å². The lowest BCUT2D eigenvalue weighted by Crippen LogP contribution is -2.37. The van der Waals surface area contributed by atoms with Crippen LogP contribution in [0.2, 0.25) is 0 Å². The Bertz CT molecular complexity index is 461. The molecule has 0 aromatic carbocycles. The molecule has 0 bridgehead atoms. The molecule has 2 heterocycles. The summed E-state index contributed by atoms with van der Waals surface area (Å²) in [6.07, 6.45) is 3.09. The van der Waals surface area contributed by atoms with E-state index in [9.17, 15) is 0 Å². The van der Waals surface area contributed by atoms with Crippen molar-refractivity contribution in [1.82, 2.24) is 15.8 Å². The van der Waals surface area contributed by atoms with Gasteiger partial charge in [0.15, 0.2) is 11.7 Å². The zero-order chi connectivity index (χ0) is 15.6. The largest absolute Gasteiger partial charge is 0.379 e. The van der Waals surface area contributed by atoms with Gasteiger partial charge in [0.2, 0.25) is 0 Å². The predicted molar refractivity (Wildman–Crippen MR) is 99.3 cm³/mol. The highest BCUT2D eigenvalue weighted by molar-refractivity contribution is 14.0. The fraction of sp³-hybridized carbons (Fsp3) is 0.733. The number of aliphatic imine (C=N–C) groups is 1. The highest BCUT2D eigenvalue weighted by atomic mass is 127. The first-order valence-corrected chi connectivity index (χ1v) is 7.90. The van der Waals surface area contributed by atoms with Crippen molar-refractivity contribution in [2.24, 2.45) is 4.99 Å². The fourth-order valence-electron chi connectivity index (χ4n) is 2.17. The van der Waals surface area contributed by atoms with Gasteiger partial charge in [0.1, 0.15) is 0 Å². The van der Waals surface area contributed by atoms with Crippen LogP contribution >= 0.6 is 24.0 Å². The van der Waals surface area contributed by atoms with Crippen molar-refractivity contribution < 1.29 is 14.0 Å². The molecule has 1 aromatic heterocycles. The third-order valence-corrected chi connectivity index (χ3v) is 3.48. The number of halogens is 1. The third kappa shape index (κ3) is 7.49. The molecule has 0 amide bonds. The maximum Gasteiger partial charge on any atom is 0.191 e. The van der Waals surface area contributed by atoms with E-state index in [-0.39, 0.29) is 30.1 Å². The molecule has 1 aromatic rings. The van der Waals surface area contributed by atoms with E-state index in [0.717, 1.165) is 63.0 Å². The van der Waals surface area contributed by atoms with Crippen LogP contribution in [-0.4, -0.2) is 50.6 Å². The first-order chi connectivity index (χ1) is 10.8. The third-order valence-electron chi connectivity index (χ3n) is 3.48. The van der Waals surface area contributed by atoms with Gasteiger partial charge in [-0.1, -0.05) is 12.1 Å². The van der Waals surface area contributed by atoms with Crippen molar-refractivity contribution in [1.29, 1.82) is 0 Å². The molecule has 1 fully saturated rings. The molecule has 2 N–H and O–H groups in total. The van der Waals surface area contributed by atoms with Gasteiger partial charge in [0.05, 0.1) is 24.9 Å². The zero-order valence-electron chi connectivity index (χ0n) is 13.8. The summed E-state index contributed by atoms with van der Waals surface area (Å²) in [4.78, 5) is 4.18. The molecule has 1 unspecified atom stereocenters. The molecule has 132 valence electrons. The monoisotopic (exact) mass is 438 g/mol. The van der Waals surface area contributed by atoms with Crippen molar-refractivity contribution in [3.8, 4) is 0 Å². The van der Waals surface area contributed by atoms with Crippen LogP contribution in [0, 0.1) is 0 Å². The molecule has 0 saturated carbocycles. The summed E-state index contributed by atoms with van der Waals surface area (Å²) in [5, 5.41) is 10.4. The summed E-state index contributed by atoms with van der Waals surface area (Å²) in [7, 11) is 1.75. The van der Waals surface area contributed by atoms with Crippen LogP contribution in [-0.2, 0) is 22.4 Å². The minimum Gasteiger partial charge on any atom is -0.379 e. The molecule has 2 rings (SSSR count). The number of nitrogens with one attached hydrogen (secondary N) is 2. The topological polar surface area (TPSA) is 80.9 Å². The number of hydrogen-bond donors (Lipinski definition) is 2. The van der Waals surface area contributed by atoms with Crippen molar-refractivity contribution in [2.75, 3.05) is 33.4 Å². The van der Waals surface area contributed by atoms with Gasteiger partial charge >= 0.3 is 0 Å². The minimum absolute atomic E-state index is 0. The predicted octanol–water partition coefficient (Wildman–Crippen LogP) is 1.72. The van der Waals surface area contributed by atoms with Crippen LogP contribution in [0.25, 0.3) is 0 Å². The molecular weight excluding hydrogens is 411 g/mol. The number of aromatic nitrogens is 1. The van der Waals surface area contributed by atoms with Crippen LogP contribution in [0.4, 0.5) is 0 Å². The summed E-state index contributed by atoms with van der Waals surface area (Å²) >= 11 is 0. The van der Waals surface area contributed by atoms with Crippen LogP contribution in [0.3, 0.4) is 0 Å². The van der Waals surface area contributed by atoms with Crippen molar-refractivity contribution in [2.45, 2.75) is 38.8 Å². The molecule has 0 aliphatic carbocycles. The average Bonchev–Trinajstić information content (AvgIpc) is 3.21. The van der Waals surface area contributed by atoms with Crippen LogP contribution in [0.1, 0.15) is 31.2 Å². The van der Waals surface area contributed by atoms with Gasteiger partial charge in [-0.15, -0.1) is 24.0 Å². The van der Waals surface area contributed by atoms with Crippen molar-refractivity contribution in [3.63, 3.8) is 0 Å². The second kappa shape index (κ2) is 11.6. The second-order valence-corrected chi connectivity index (χ2v) is 5.20. The fourth-order valence-corrected chi connectivity index (χ4v) is 2.17. The van der Waals surface area contributed by atoms with Crippen molar-refractivity contribution >= 4 is 29.9 Å². The minimum atomic E-state index is 0. The summed E-state index contributed by atoms with van der Waals surface area (Å²) in [6, 6.07) is 1.96. The van der Waals surface area contributed by atoms with Crippen LogP contribution < -0.4 is 10.6 Å². The van der Waals surface area contributed by atoms with E-state index in [1.54, 1.807) is 7.05 Å². The Labute approximate surface area is 154 Å². The number of nitrogens with zero attached hydrogens (tertiary/aromatic N) is 2. The average molecular weight is 438 g/mol. The number of guanidine groups is 1.